The van der Waals surface area contributed by atoms with E-state index in [0.717, 1.165) is 25.5 Å². The lowest BCUT2D eigenvalue weighted by Crippen LogP contribution is -2.28. The number of aromatic nitrogens is 1. The highest BCUT2D eigenvalue weighted by Gasteiger charge is 2.17. The van der Waals surface area contributed by atoms with Crippen LogP contribution in [-0.4, -0.2) is 35.1 Å². The summed E-state index contributed by atoms with van der Waals surface area (Å²) in [7, 11) is 0. The summed E-state index contributed by atoms with van der Waals surface area (Å²) >= 11 is 0. The fraction of sp³-hybridized carbons (Fsp3) is 0.375. The molecule has 2 heterocycles. The molecule has 1 aromatic carbocycles. The molecular weight excluding hydrogens is 314 g/mol. The van der Waals surface area contributed by atoms with Crippen LogP contribution in [0.5, 0.6) is 0 Å². The van der Waals surface area contributed by atoms with E-state index in [-0.39, 0.29) is 17.4 Å². The third kappa shape index (κ3) is 3.43. The molecule has 1 saturated heterocycles. The molecule has 1 atom stereocenters. The van der Waals surface area contributed by atoms with Crippen molar-refractivity contribution in [2.24, 2.45) is 0 Å². The van der Waals surface area contributed by atoms with Crippen molar-refractivity contribution in [1.82, 2.24) is 10.3 Å². The third-order valence-corrected chi connectivity index (χ3v) is 4.06. The number of nitrogens with one attached hydrogen (secondary N) is 2. The maximum atomic E-state index is 12.4. The molecule has 8 nitrogen and oxygen atoms in total. The van der Waals surface area contributed by atoms with Crippen molar-refractivity contribution in [3.63, 3.8) is 0 Å². The second-order valence-electron chi connectivity index (χ2n) is 5.71. The molecule has 1 aliphatic heterocycles. The van der Waals surface area contributed by atoms with Crippen LogP contribution in [-0.2, 0) is 4.74 Å². The van der Waals surface area contributed by atoms with Gasteiger partial charge in [0.15, 0.2) is 0 Å². The molecule has 3 rings (SSSR count). The molecule has 2 aromatic rings. The summed E-state index contributed by atoms with van der Waals surface area (Å²) in [6, 6.07) is 5.17. The normalized spacial score (nSPS) is 17.1. The summed E-state index contributed by atoms with van der Waals surface area (Å²) in [5.74, 6) is -0.426. The van der Waals surface area contributed by atoms with Gasteiger partial charge in [0.25, 0.3) is 11.6 Å². The van der Waals surface area contributed by atoms with E-state index < -0.39 is 16.4 Å². The zero-order valence-electron chi connectivity index (χ0n) is 12.9. The highest BCUT2D eigenvalue weighted by atomic mass is 16.6. The van der Waals surface area contributed by atoms with Gasteiger partial charge in [0, 0.05) is 42.3 Å². The second kappa shape index (κ2) is 6.79. The minimum atomic E-state index is -0.538. The first kappa shape index (κ1) is 16.1. The summed E-state index contributed by atoms with van der Waals surface area (Å²) in [6.07, 6.45) is 2.87. The number of fused-ring (bicyclic) bond motifs is 1. The molecule has 1 aromatic heterocycles. The standard InChI is InChI=1S/C16H17N3O5/c20-15-9-13(16(21)17-6-5-11-2-1-7-24-11)12-8-10(19(22)23)3-4-14(12)18-15/h3-4,8-9,11H,1-2,5-7H2,(H,17,21)(H,18,20)/t11-/m1/s1. The fourth-order valence-corrected chi connectivity index (χ4v) is 2.86. The number of nitrogens with zero attached hydrogens (tertiary/aromatic N) is 1. The number of ether oxygens (including phenoxy) is 1. The maximum Gasteiger partial charge on any atom is 0.270 e. The van der Waals surface area contributed by atoms with Crippen LogP contribution in [0.3, 0.4) is 0 Å². The molecule has 0 saturated carbocycles. The molecule has 24 heavy (non-hydrogen) atoms. The Morgan fingerprint density at radius 1 is 1.42 bits per heavy atom. The number of H-pyrrole nitrogens is 1. The van der Waals surface area contributed by atoms with Crippen molar-refractivity contribution in [2.45, 2.75) is 25.4 Å². The minimum Gasteiger partial charge on any atom is -0.378 e. The van der Waals surface area contributed by atoms with Gasteiger partial charge in [-0.1, -0.05) is 0 Å². The van der Waals surface area contributed by atoms with Gasteiger partial charge in [-0.05, 0) is 25.3 Å². The van der Waals surface area contributed by atoms with Crippen LogP contribution in [0.1, 0.15) is 29.6 Å². The number of nitro groups is 1. The number of carbonyl (C=O) groups excluding carboxylic acids is 1. The van der Waals surface area contributed by atoms with E-state index in [9.17, 15) is 19.7 Å². The summed E-state index contributed by atoms with van der Waals surface area (Å²) in [4.78, 5) is 37.1. The number of benzene rings is 1. The summed E-state index contributed by atoms with van der Waals surface area (Å²) in [5, 5.41) is 14.0. The highest BCUT2D eigenvalue weighted by Crippen LogP contribution is 2.21. The highest BCUT2D eigenvalue weighted by molar-refractivity contribution is 6.06. The Labute approximate surface area is 137 Å². The number of aromatic amines is 1. The van der Waals surface area contributed by atoms with E-state index in [1.165, 1.54) is 18.2 Å². The van der Waals surface area contributed by atoms with Crippen LogP contribution >= 0.6 is 0 Å². The van der Waals surface area contributed by atoms with Gasteiger partial charge in [-0.15, -0.1) is 0 Å². The van der Waals surface area contributed by atoms with Gasteiger partial charge in [-0.3, -0.25) is 19.7 Å². The number of hydrogen-bond donors (Lipinski definition) is 2. The van der Waals surface area contributed by atoms with Crippen LogP contribution in [0.25, 0.3) is 10.9 Å². The molecule has 8 heteroatoms. The van der Waals surface area contributed by atoms with Gasteiger partial charge in [0.05, 0.1) is 16.6 Å². The molecule has 0 bridgehead atoms. The van der Waals surface area contributed by atoms with Gasteiger partial charge >= 0.3 is 0 Å². The number of hydrogen-bond acceptors (Lipinski definition) is 5. The van der Waals surface area contributed by atoms with E-state index in [0.29, 0.717) is 23.9 Å². The molecule has 2 N–H and O–H groups in total. The monoisotopic (exact) mass is 331 g/mol. The topological polar surface area (TPSA) is 114 Å². The molecule has 1 aliphatic rings. The quantitative estimate of drug-likeness (QED) is 0.640. The molecule has 0 radical (unpaired) electrons. The Kier molecular flexibility index (Phi) is 4.57. The number of amides is 1. The van der Waals surface area contributed by atoms with Crippen LogP contribution in [0.2, 0.25) is 0 Å². The van der Waals surface area contributed by atoms with Gasteiger partial charge < -0.3 is 15.0 Å². The van der Waals surface area contributed by atoms with Crippen LogP contribution < -0.4 is 10.9 Å². The first-order chi connectivity index (χ1) is 11.5. The van der Waals surface area contributed by atoms with Gasteiger partial charge in [0.1, 0.15) is 0 Å². The third-order valence-electron chi connectivity index (χ3n) is 4.06. The van der Waals surface area contributed by atoms with Crippen molar-refractivity contribution in [1.29, 1.82) is 0 Å². The first-order valence-corrected chi connectivity index (χ1v) is 7.76. The lowest BCUT2D eigenvalue weighted by Gasteiger charge is -2.11. The number of carbonyl (C=O) groups is 1. The largest absolute Gasteiger partial charge is 0.378 e. The van der Waals surface area contributed by atoms with Gasteiger partial charge in [0.2, 0.25) is 5.56 Å². The zero-order valence-corrected chi connectivity index (χ0v) is 12.9. The van der Waals surface area contributed by atoms with Crippen LogP contribution in [0.15, 0.2) is 29.1 Å². The average Bonchev–Trinajstić information content (AvgIpc) is 3.06. The Morgan fingerprint density at radius 2 is 2.25 bits per heavy atom. The minimum absolute atomic E-state index is 0.129. The van der Waals surface area contributed by atoms with E-state index in [1.807, 2.05) is 0 Å². The van der Waals surface area contributed by atoms with Crippen molar-refractivity contribution in [3.8, 4) is 0 Å². The number of rotatable bonds is 5. The lowest BCUT2D eigenvalue weighted by molar-refractivity contribution is -0.384. The Hall–Kier alpha value is -2.74. The van der Waals surface area contributed by atoms with Crippen LogP contribution in [0, 0.1) is 10.1 Å². The second-order valence-corrected chi connectivity index (χ2v) is 5.71. The summed E-state index contributed by atoms with van der Waals surface area (Å²) in [5.41, 5.74) is -0.0502. The van der Waals surface area contributed by atoms with E-state index >= 15 is 0 Å². The van der Waals surface area contributed by atoms with E-state index in [4.69, 9.17) is 4.74 Å². The van der Waals surface area contributed by atoms with E-state index in [2.05, 4.69) is 10.3 Å². The predicted octanol–water partition coefficient (Wildman–Crippen LogP) is 1.74. The van der Waals surface area contributed by atoms with E-state index in [1.54, 1.807) is 0 Å². The number of nitro benzene ring substituents is 1. The molecule has 1 fully saturated rings. The molecule has 0 unspecified atom stereocenters. The maximum absolute atomic E-state index is 12.4. The summed E-state index contributed by atoms with van der Waals surface area (Å²) < 4.78 is 5.49. The van der Waals surface area contributed by atoms with Gasteiger partial charge in [-0.25, -0.2) is 0 Å². The first-order valence-electron chi connectivity index (χ1n) is 7.76. The van der Waals surface area contributed by atoms with Gasteiger partial charge in [-0.2, -0.15) is 0 Å². The number of non-ortho nitro benzene ring substituents is 1. The molecular formula is C16H17N3O5. The lowest BCUT2D eigenvalue weighted by atomic mass is 10.1. The van der Waals surface area contributed by atoms with Crippen molar-refractivity contribution >= 4 is 22.5 Å². The van der Waals surface area contributed by atoms with Crippen LogP contribution in [0.4, 0.5) is 5.69 Å². The fourth-order valence-electron chi connectivity index (χ4n) is 2.86. The Bertz CT molecular complexity index is 839. The molecule has 0 spiro atoms. The average molecular weight is 331 g/mol. The smallest absolute Gasteiger partial charge is 0.270 e. The van der Waals surface area contributed by atoms with Crippen molar-refractivity contribution in [3.05, 3.63) is 50.3 Å². The van der Waals surface area contributed by atoms with Crippen molar-refractivity contribution < 1.29 is 14.5 Å². The molecule has 0 aliphatic carbocycles. The molecule has 126 valence electrons. The number of pyridine rings is 1. The zero-order chi connectivity index (χ0) is 17.1. The Balaban J connectivity index is 1.83. The predicted molar refractivity (Wildman–Crippen MR) is 87.1 cm³/mol. The summed E-state index contributed by atoms with van der Waals surface area (Å²) in [6.45, 7) is 1.17. The molecule has 1 amide bonds. The van der Waals surface area contributed by atoms with Crippen molar-refractivity contribution in [2.75, 3.05) is 13.2 Å². The SMILES string of the molecule is O=C(NCC[C@H]1CCCO1)c1cc(=O)[nH]c2ccc([N+](=O)[O-])cc12. The Morgan fingerprint density at radius 3 is 2.96 bits per heavy atom.